The van der Waals surface area contributed by atoms with E-state index in [2.05, 4.69) is 9.89 Å². The number of likely N-dealkylation sites (tertiary alicyclic amines) is 1. The Morgan fingerprint density at radius 2 is 2.29 bits per heavy atom. The lowest BCUT2D eigenvalue weighted by atomic mass is 10.2. The second-order valence-corrected chi connectivity index (χ2v) is 4.04. The van der Waals surface area contributed by atoms with Gasteiger partial charge in [0, 0.05) is 26.2 Å². The molecule has 0 aromatic carbocycles. The number of β-amino-alcohol motifs (C(OH)–C–C–N with tert-alkyl or cyclic N) is 1. The molecule has 1 rings (SSSR count). The van der Waals surface area contributed by atoms with E-state index in [1.807, 2.05) is 19.0 Å². The van der Waals surface area contributed by atoms with Gasteiger partial charge in [-0.3, -0.25) is 4.99 Å². The molecule has 0 spiro atoms. The van der Waals surface area contributed by atoms with E-state index in [1.54, 1.807) is 7.05 Å². The van der Waals surface area contributed by atoms with Crippen molar-refractivity contribution in [3.63, 3.8) is 0 Å². The number of aliphatic hydroxyl groups is 1. The maximum absolute atomic E-state index is 9.56. The molecule has 0 radical (unpaired) electrons. The fraction of sp³-hybridized carbons (Fsp3) is 0.889. The van der Waals surface area contributed by atoms with E-state index in [1.165, 1.54) is 0 Å². The SMILES string of the molecule is CN=C(N)N1CC(O)CC1CN(C)C. The molecule has 1 heterocycles. The highest BCUT2D eigenvalue weighted by atomic mass is 16.3. The second-order valence-electron chi connectivity index (χ2n) is 4.04. The Morgan fingerprint density at radius 3 is 2.79 bits per heavy atom. The summed E-state index contributed by atoms with van der Waals surface area (Å²) in [4.78, 5) is 8.03. The highest BCUT2D eigenvalue weighted by Crippen LogP contribution is 2.17. The molecule has 2 unspecified atom stereocenters. The van der Waals surface area contributed by atoms with Gasteiger partial charge in [-0.15, -0.1) is 0 Å². The number of aliphatic hydroxyl groups excluding tert-OH is 1. The van der Waals surface area contributed by atoms with E-state index in [-0.39, 0.29) is 12.1 Å². The fourth-order valence-corrected chi connectivity index (χ4v) is 1.90. The molecule has 5 nitrogen and oxygen atoms in total. The number of hydrogen-bond acceptors (Lipinski definition) is 3. The largest absolute Gasteiger partial charge is 0.391 e. The summed E-state index contributed by atoms with van der Waals surface area (Å²) in [6.07, 6.45) is 0.495. The normalized spacial score (nSPS) is 28.9. The Hall–Kier alpha value is -0.810. The van der Waals surface area contributed by atoms with Gasteiger partial charge in [-0.05, 0) is 20.5 Å². The molecule has 0 aromatic heterocycles. The minimum atomic E-state index is -0.278. The predicted molar refractivity (Wildman–Crippen MR) is 57.2 cm³/mol. The van der Waals surface area contributed by atoms with Crippen LogP contribution in [0.4, 0.5) is 0 Å². The average Bonchev–Trinajstić information content (AvgIpc) is 2.44. The summed E-state index contributed by atoms with van der Waals surface area (Å²) >= 11 is 0. The van der Waals surface area contributed by atoms with Crippen LogP contribution in [0.5, 0.6) is 0 Å². The summed E-state index contributed by atoms with van der Waals surface area (Å²) in [5, 5.41) is 9.56. The van der Waals surface area contributed by atoms with Crippen LogP contribution in [0.2, 0.25) is 0 Å². The molecular formula is C9H20N4O. The van der Waals surface area contributed by atoms with Gasteiger partial charge in [-0.25, -0.2) is 0 Å². The van der Waals surface area contributed by atoms with Crippen LogP contribution in [0.1, 0.15) is 6.42 Å². The molecule has 5 heteroatoms. The summed E-state index contributed by atoms with van der Waals surface area (Å²) in [6.45, 7) is 1.50. The van der Waals surface area contributed by atoms with Crippen molar-refractivity contribution >= 4 is 5.96 Å². The molecule has 0 amide bonds. The van der Waals surface area contributed by atoms with E-state index in [9.17, 15) is 5.11 Å². The van der Waals surface area contributed by atoms with Crippen LogP contribution < -0.4 is 5.73 Å². The third-order valence-corrected chi connectivity index (χ3v) is 2.49. The molecule has 0 saturated carbocycles. The smallest absolute Gasteiger partial charge is 0.191 e. The lowest BCUT2D eigenvalue weighted by Crippen LogP contribution is -2.45. The van der Waals surface area contributed by atoms with Gasteiger partial charge in [0.1, 0.15) is 0 Å². The van der Waals surface area contributed by atoms with E-state index >= 15 is 0 Å². The van der Waals surface area contributed by atoms with Crippen molar-refractivity contribution in [3.8, 4) is 0 Å². The van der Waals surface area contributed by atoms with Gasteiger partial charge in [0.15, 0.2) is 5.96 Å². The molecule has 1 aliphatic rings. The van der Waals surface area contributed by atoms with Crippen LogP contribution in [0.25, 0.3) is 0 Å². The van der Waals surface area contributed by atoms with Gasteiger partial charge in [-0.2, -0.15) is 0 Å². The summed E-state index contributed by atoms with van der Waals surface area (Å²) < 4.78 is 0. The first-order chi connectivity index (χ1) is 6.54. The lowest BCUT2D eigenvalue weighted by Gasteiger charge is -2.27. The standard InChI is InChI=1S/C9H20N4O/c1-11-9(10)13-6-8(14)4-7(13)5-12(2)3/h7-8,14H,4-6H2,1-3H3,(H2,10,11). The van der Waals surface area contributed by atoms with Crippen molar-refractivity contribution < 1.29 is 5.11 Å². The van der Waals surface area contributed by atoms with Crippen molar-refractivity contribution in [2.75, 3.05) is 34.2 Å². The van der Waals surface area contributed by atoms with Crippen LogP contribution in [0, 0.1) is 0 Å². The van der Waals surface area contributed by atoms with Crippen LogP contribution in [-0.2, 0) is 0 Å². The molecule has 0 bridgehead atoms. The Labute approximate surface area is 85.2 Å². The Bertz CT molecular complexity index is 217. The molecule has 14 heavy (non-hydrogen) atoms. The number of aliphatic imine (C=N–C) groups is 1. The van der Waals surface area contributed by atoms with Gasteiger partial charge in [0.05, 0.1) is 6.10 Å². The van der Waals surface area contributed by atoms with Crippen LogP contribution in [0.15, 0.2) is 4.99 Å². The molecule has 1 saturated heterocycles. The van der Waals surface area contributed by atoms with Crippen molar-refractivity contribution in [2.24, 2.45) is 10.7 Å². The van der Waals surface area contributed by atoms with Gasteiger partial charge >= 0.3 is 0 Å². The monoisotopic (exact) mass is 200 g/mol. The van der Waals surface area contributed by atoms with Crippen molar-refractivity contribution in [1.82, 2.24) is 9.80 Å². The molecule has 0 aliphatic carbocycles. The highest BCUT2D eigenvalue weighted by molar-refractivity contribution is 5.78. The zero-order chi connectivity index (χ0) is 10.7. The zero-order valence-corrected chi connectivity index (χ0v) is 9.14. The first-order valence-electron chi connectivity index (χ1n) is 4.86. The summed E-state index contributed by atoms with van der Waals surface area (Å²) in [5.74, 6) is 0.522. The average molecular weight is 200 g/mol. The first kappa shape index (κ1) is 11.3. The maximum Gasteiger partial charge on any atom is 0.191 e. The minimum Gasteiger partial charge on any atom is -0.391 e. The number of guanidine groups is 1. The molecular weight excluding hydrogens is 180 g/mol. The van der Waals surface area contributed by atoms with Crippen molar-refractivity contribution in [2.45, 2.75) is 18.6 Å². The van der Waals surface area contributed by atoms with Crippen molar-refractivity contribution in [3.05, 3.63) is 0 Å². The zero-order valence-electron chi connectivity index (χ0n) is 9.14. The van der Waals surface area contributed by atoms with E-state index in [0.717, 1.165) is 13.0 Å². The van der Waals surface area contributed by atoms with Crippen LogP contribution >= 0.6 is 0 Å². The molecule has 1 aliphatic heterocycles. The summed E-state index contributed by atoms with van der Waals surface area (Å²) in [7, 11) is 5.71. The van der Waals surface area contributed by atoms with Gasteiger partial charge in [0.2, 0.25) is 0 Å². The minimum absolute atomic E-state index is 0.278. The van der Waals surface area contributed by atoms with Gasteiger partial charge in [-0.1, -0.05) is 0 Å². The maximum atomic E-state index is 9.56. The van der Waals surface area contributed by atoms with Crippen LogP contribution in [-0.4, -0.2) is 67.2 Å². The lowest BCUT2D eigenvalue weighted by molar-refractivity contribution is 0.187. The fourth-order valence-electron chi connectivity index (χ4n) is 1.90. The topological polar surface area (TPSA) is 65.1 Å². The van der Waals surface area contributed by atoms with E-state index < -0.39 is 0 Å². The number of likely N-dealkylation sites (N-methyl/N-ethyl adjacent to an activating group) is 1. The Kier molecular flexibility index (Phi) is 3.71. The number of nitrogens with two attached hydrogens (primary N) is 1. The molecule has 0 aromatic rings. The Balaban J connectivity index is 2.63. The first-order valence-corrected chi connectivity index (χ1v) is 4.86. The summed E-state index contributed by atoms with van der Waals surface area (Å²) in [6, 6.07) is 0.281. The number of nitrogens with zero attached hydrogens (tertiary/aromatic N) is 3. The van der Waals surface area contributed by atoms with E-state index in [0.29, 0.717) is 12.5 Å². The molecule has 1 fully saturated rings. The third kappa shape index (κ3) is 2.59. The van der Waals surface area contributed by atoms with Crippen molar-refractivity contribution in [1.29, 1.82) is 0 Å². The quantitative estimate of drug-likeness (QED) is 0.440. The summed E-state index contributed by atoms with van der Waals surface area (Å²) in [5.41, 5.74) is 5.75. The molecule has 2 atom stereocenters. The molecule has 3 N–H and O–H groups in total. The van der Waals surface area contributed by atoms with Gasteiger partial charge in [0.25, 0.3) is 0 Å². The second kappa shape index (κ2) is 4.61. The van der Waals surface area contributed by atoms with Crippen LogP contribution in [0.3, 0.4) is 0 Å². The molecule has 82 valence electrons. The highest BCUT2D eigenvalue weighted by Gasteiger charge is 2.32. The number of hydrogen-bond donors (Lipinski definition) is 2. The van der Waals surface area contributed by atoms with Gasteiger partial charge < -0.3 is 20.6 Å². The Morgan fingerprint density at radius 1 is 1.64 bits per heavy atom. The third-order valence-electron chi connectivity index (χ3n) is 2.49. The number of rotatable bonds is 2. The van der Waals surface area contributed by atoms with E-state index in [4.69, 9.17) is 5.73 Å². The predicted octanol–water partition coefficient (Wildman–Crippen LogP) is -1.07.